The Bertz CT molecular complexity index is 554. The van der Waals surface area contributed by atoms with Crippen LogP contribution in [0.4, 0.5) is 36.4 Å². The van der Waals surface area contributed by atoms with E-state index in [1.165, 1.54) is 0 Å². The second-order valence-electron chi connectivity index (χ2n) is 4.75. The van der Waals surface area contributed by atoms with Gasteiger partial charge in [-0.25, -0.2) is 4.39 Å². The highest BCUT2D eigenvalue weighted by molar-refractivity contribution is 5.83. The van der Waals surface area contributed by atoms with Crippen molar-refractivity contribution < 1.29 is 40.3 Å². The van der Waals surface area contributed by atoms with E-state index >= 15 is 0 Å². The molecule has 23 heavy (non-hydrogen) atoms. The quantitative estimate of drug-likeness (QED) is 0.650. The number of alkyl halides is 6. The minimum atomic E-state index is -5.62. The molecule has 2 N–H and O–H groups in total. The lowest BCUT2D eigenvalue weighted by molar-refractivity contribution is -0.284. The molecule has 0 aromatic heterocycles. The summed E-state index contributed by atoms with van der Waals surface area (Å²) in [6.45, 7) is 0.955. The van der Waals surface area contributed by atoms with Gasteiger partial charge in [0.25, 0.3) is 0 Å². The maximum Gasteiger partial charge on any atom is 0.400 e. The zero-order chi connectivity index (χ0) is 18.0. The van der Waals surface area contributed by atoms with E-state index < -0.39 is 42.4 Å². The summed E-state index contributed by atoms with van der Waals surface area (Å²) in [5.74, 6) is -6.37. The molecule has 0 aliphatic rings. The highest BCUT2D eigenvalue weighted by Crippen LogP contribution is 2.41. The largest absolute Gasteiger partial charge is 0.481 e. The third-order valence-electron chi connectivity index (χ3n) is 2.93. The van der Waals surface area contributed by atoms with Gasteiger partial charge in [0, 0.05) is 12.5 Å². The normalized spacial score (nSPS) is 14.0. The molecule has 0 heterocycles. The van der Waals surface area contributed by atoms with E-state index in [2.05, 4.69) is 0 Å². The summed E-state index contributed by atoms with van der Waals surface area (Å²) in [5.41, 5.74) is 5.30. The molecule has 0 fully saturated rings. The molecule has 10 heteroatoms. The summed E-state index contributed by atoms with van der Waals surface area (Å²) in [6, 6.07) is 2.82. The molecule has 1 atom stereocenters. The fraction of sp³-hybridized carbons (Fsp3) is 0.462. The Morgan fingerprint density at radius 3 is 2.17 bits per heavy atom. The molecule has 0 saturated heterocycles. The van der Waals surface area contributed by atoms with E-state index in [-0.39, 0.29) is 11.4 Å². The van der Waals surface area contributed by atoms with Crippen LogP contribution in [0.15, 0.2) is 18.2 Å². The molecular weight excluding hydrogens is 335 g/mol. The third-order valence-corrected chi connectivity index (χ3v) is 2.93. The first-order chi connectivity index (χ1) is 10.3. The summed E-state index contributed by atoms with van der Waals surface area (Å²) in [4.78, 5) is 11.6. The first-order valence-electron chi connectivity index (χ1n) is 6.20. The summed E-state index contributed by atoms with van der Waals surface area (Å²) in [6.07, 6.45) is -14.7. The summed E-state index contributed by atoms with van der Waals surface area (Å²) in [5, 5.41) is 0. The van der Waals surface area contributed by atoms with Gasteiger partial charge >= 0.3 is 12.4 Å². The minimum absolute atomic E-state index is 0.116. The number of ether oxygens (including phenoxy) is 1. The van der Waals surface area contributed by atoms with Crippen LogP contribution in [-0.4, -0.2) is 24.2 Å². The zero-order valence-electron chi connectivity index (χ0n) is 11.6. The lowest BCUT2D eigenvalue weighted by atomic mass is 9.99. The topological polar surface area (TPSA) is 52.3 Å². The third kappa shape index (κ3) is 5.29. The second-order valence-corrected chi connectivity index (χ2v) is 4.75. The minimum Gasteiger partial charge on any atom is -0.481 e. The van der Waals surface area contributed by atoms with Crippen molar-refractivity contribution in [2.24, 2.45) is 5.92 Å². The van der Waals surface area contributed by atoms with Crippen LogP contribution in [0.5, 0.6) is 5.75 Å². The SMILES string of the molecule is C[C@@H](Oc1cc(F)ccc1N)C(=O)CC(C(F)(F)F)C(F)(F)F. The highest BCUT2D eigenvalue weighted by Gasteiger charge is 2.57. The van der Waals surface area contributed by atoms with E-state index in [9.17, 15) is 35.5 Å². The van der Waals surface area contributed by atoms with Gasteiger partial charge in [-0.05, 0) is 19.1 Å². The van der Waals surface area contributed by atoms with Gasteiger partial charge in [0.15, 0.2) is 17.8 Å². The fourth-order valence-electron chi connectivity index (χ4n) is 1.65. The molecule has 0 aliphatic heterocycles. The molecule has 0 unspecified atom stereocenters. The van der Waals surface area contributed by atoms with E-state index in [1.807, 2.05) is 0 Å². The van der Waals surface area contributed by atoms with Crippen molar-refractivity contribution in [3.05, 3.63) is 24.0 Å². The number of Topliss-reactive ketones (excluding diaryl/α,β-unsaturated/α-hetero) is 1. The van der Waals surface area contributed by atoms with Crippen molar-refractivity contribution in [3.8, 4) is 5.75 Å². The lowest BCUT2D eigenvalue weighted by Crippen LogP contribution is -2.40. The monoisotopic (exact) mass is 347 g/mol. The molecule has 0 spiro atoms. The van der Waals surface area contributed by atoms with Crippen LogP contribution in [0, 0.1) is 11.7 Å². The Hall–Kier alpha value is -2.00. The van der Waals surface area contributed by atoms with E-state index in [0.29, 0.717) is 0 Å². The van der Waals surface area contributed by atoms with E-state index in [4.69, 9.17) is 10.5 Å². The Morgan fingerprint density at radius 2 is 1.70 bits per heavy atom. The van der Waals surface area contributed by atoms with Gasteiger partial charge in [0.05, 0.1) is 5.69 Å². The van der Waals surface area contributed by atoms with Gasteiger partial charge in [0.1, 0.15) is 11.6 Å². The molecule has 1 rings (SSSR count). The summed E-state index contributed by atoms with van der Waals surface area (Å²) in [7, 11) is 0. The Labute approximate surface area is 126 Å². The Balaban J connectivity index is 2.86. The fourth-order valence-corrected chi connectivity index (χ4v) is 1.65. The van der Waals surface area contributed by atoms with Crippen LogP contribution in [0.2, 0.25) is 0 Å². The van der Waals surface area contributed by atoms with Crippen LogP contribution >= 0.6 is 0 Å². The van der Waals surface area contributed by atoms with Crippen molar-refractivity contribution in [1.82, 2.24) is 0 Å². The maximum absolute atomic E-state index is 13.0. The molecule has 130 valence electrons. The van der Waals surface area contributed by atoms with Crippen LogP contribution in [0.3, 0.4) is 0 Å². The smallest absolute Gasteiger partial charge is 0.400 e. The van der Waals surface area contributed by atoms with Crippen molar-refractivity contribution in [2.75, 3.05) is 5.73 Å². The predicted octanol–water partition coefficient (Wildman–Crippen LogP) is 3.88. The van der Waals surface area contributed by atoms with Gasteiger partial charge < -0.3 is 10.5 Å². The van der Waals surface area contributed by atoms with Gasteiger partial charge in [0.2, 0.25) is 0 Å². The first kappa shape index (κ1) is 19.0. The highest BCUT2D eigenvalue weighted by atomic mass is 19.4. The molecule has 0 radical (unpaired) electrons. The number of rotatable bonds is 5. The zero-order valence-corrected chi connectivity index (χ0v) is 11.6. The van der Waals surface area contributed by atoms with Crippen molar-refractivity contribution >= 4 is 11.5 Å². The van der Waals surface area contributed by atoms with Gasteiger partial charge in [-0.2, -0.15) is 26.3 Å². The number of anilines is 1. The van der Waals surface area contributed by atoms with Crippen molar-refractivity contribution in [1.29, 1.82) is 0 Å². The van der Waals surface area contributed by atoms with Crippen LogP contribution in [0.25, 0.3) is 0 Å². The molecule has 0 saturated carbocycles. The van der Waals surface area contributed by atoms with Gasteiger partial charge in [-0.1, -0.05) is 0 Å². The molecule has 0 aliphatic carbocycles. The van der Waals surface area contributed by atoms with Crippen molar-refractivity contribution in [2.45, 2.75) is 31.8 Å². The number of benzene rings is 1. The predicted molar refractivity (Wildman–Crippen MR) is 66.1 cm³/mol. The average molecular weight is 347 g/mol. The van der Waals surface area contributed by atoms with Gasteiger partial charge in [-0.15, -0.1) is 0 Å². The molecule has 3 nitrogen and oxygen atoms in total. The van der Waals surface area contributed by atoms with Crippen LogP contribution in [-0.2, 0) is 4.79 Å². The number of carbonyl (C=O) groups is 1. The van der Waals surface area contributed by atoms with Crippen LogP contribution in [0.1, 0.15) is 13.3 Å². The number of hydrogen-bond acceptors (Lipinski definition) is 3. The molecule has 1 aromatic rings. The summed E-state index contributed by atoms with van der Waals surface area (Å²) < 4.78 is 92.3. The maximum atomic E-state index is 13.0. The number of carbonyl (C=O) groups excluding carboxylic acids is 1. The molecular formula is C13H12F7NO2. The molecule has 1 aromatic carbocycles. The lowest BCUT2D eigenvalue weighted by Gasteiger charge is -2.23. The van der Waals surface area contributed by atoms with E-state index in [0.717, 1.165) is 25.1 Å². The first-order valence-corrected chi connectivity index (χ1v) is 6.20. The number of ketones is 1. The number of halogens is 7. The van der Waals surface area contributed by atoms with Crippen molar-refractivity contribution in [3.63, 3.8) is 0 Å². The molecule has 0 amide bonds. The average Bonchev–Trinajstić information content (AvgIpc) is 2.37. The van der Waals surface area contributed by atoms with Gasteiger partial charge in [-0.3, -0.25) is 4.79 Å². The number of nitrogen functional groups attached to an aromatic ring is 1. The standard InChI is InChI=1S/C13H12F7NO2/c1-6(23-10-4-7(14)2-3-8(10)21)9(22)5-11(12(15,16)17)13(18,19)20/h2-4,6,11H,5,21H2,1H3/t6-/m1/s1. The summed E-state index contributed by atoms with van der Waals surface area (Å²) >= 11 is 0. The second kappa shape index (κ2) is 6.63. The Kier molecular flexibility index (Phi) is 5.49. The van der Waals surface area contributed by atoms with Crippen LogP contribution < -0.4 is 10.5 Å². The Morgan fingerprint density at radius 1 is 1.17 bits per heavy atom. The number of hydrogen-bond donors (Lipinski definition) is 1. The molecule has 0 bridgehead atoms. The van der Waals surface area contributed by atoms with E-state index in [1.54, 1.807) is 0 Å². The number of nitrogens with two attached hydrogens (primary N) is 1.